The number of aromatic hydroxyl groups is 7. The third-order valence-corrected chi connectivity index (χ3v) is 5.27. The van der Waals surface area contributed by atoms with Gasteiger partial charge in [-0.15, -0.1) is 0 Å². The van der Waals surface area contributed by atoms with Crippen LogP contribution in [-0.4, -0.2) is 52.4 Å². The minimum absolute atomic E-state index is 0.0795. The van der Waals surface area contributed by atoms with Crippen LogP contribution in [0.4, 0.5) is 0 Å². The Morgan fingerprint density at radius 2 is 1.43 bits per heavy atom. The molecule has 10 N–H and O–H groups in total. The van der Waals surface area contributed by atoms with Gasteiger partial charge in [0.25, 0.3) is 0 Å². The lowest BCUT2D eigenvalue weighted by atomic mass is 9.94. The number of hydrogen-bond acceptors (Lipinski definition) is 11. The summed E-state index contributed by atoms with van der Waals surface area (Å²) in [7, 11) is 0. The lowest BCUT2D eigenvalue weighted by Crippen LogP contribution is -2.46. The van der Waals surface area contributed by atoms with Crippen molar-refractivity contribution in [3.8, 4) is 51.6 Å². The zero-order valence-corrected chi connectivity index (χ0v) is 19.2. The molecule has 4 rings (SSSR count). The second kappa shape index (κ2) is 9.87. The predicted molar refractivity (Wildman–Crippen MR) is 130 cm³/mol. The van der Waals surface area contributed by atoms with E-state index in [-0.39, 0.29) is 51.7 Å². The van der Waals surface area contributed by atoms with Crippen LogP contribution in [0.15, 0.2) is 57.7 Å². The van der Waals surface area contributed by atoms with Gasteiger partial charge in [-0.05, 0) is 42.8 Å². The van der Waals surface area contributed by atoms with Gasteiger partial charge in [-0.3, -0.25) is 9.59 Å². The molecule has 0 saturated carbocycles. The SMILES string of the molecule is CC(N)(Cc1ccc(O)c(O)c1)C(=O)O.O=c1c(O)c(-c2ccc(O)c(O)c2)oc2cc(O)cc(O)c12. The van der Waals surface area contributed by atoms with Crippen molar-refractivity contribution in [2.45, 2.75) is 18.9 Å². The van der Waals surface area contributed by atoms with Gasteiger partial charge in [0.1, 0.15) is 28.0 Å². The molecule has 0 bridgehead atoms. The number of carboxylic acids is 1. The molecule has 0 radical (unpaired) electrons. The Hall–Kier alpha value is -5.10. The molecule has 194 valence electrons. The minimum atomic E-state index is -1.39. The summed E-state index contributed by atoms with van der Waals surface area (Å²) >= 11 is 0. The number of aliphatic carboxylic acids is 1. The molecule has 0 aliphatic heterocycles. The summed E-state index contributed by atoms with van der Waals surface area (Å²) in [6.45, 7) is 1.39. The van der Waals surface area contributed by atoms with Gasteiger partial charge < -0.3 is 51.0 Å². The quantitative estimate of drug-likeness (QED) is 0.179. The molecule has 0 aliphatic carbocycles. The van der Waals surface area contributed by atoms with Gasteiger partial charge in [0.15, 0.2) is 28.8 Å². The van der Waals surface area contributed by atoms with Crippen molar-refractivity contribution in [3.63, 3.8) is 0 Å². The molecule has 0 spiro atoms. The van der Waals surface area contributed by atoms with Gasteiger partial charge in [-0.25, -0.2) is 0 Å². The molecule has 1 aromatic heterocycles. The third-order valence-electron chi connectivity index (χ3n) is 5.27. The highest BCUT2D eigenvalue weighted by Gasteiger charge is 2.28. The topological polar surface area (TPSA) is 235 Å². The number of fused-ring (bicyclic) bond motifs is 1. The molecule has 0 fully saturated rings. The first-order valence-corrected chi connectivity index (χ1v) is 10.5. The number of hydrogen-bond donors (Lipinski definition) is 9. The van der Waals surface area contributed by atoms with Crippen LogP contribution in [-0.2, 0) is 11.2 Å². The summed E-state index contributed by atoms with van der Waals surface area (Å²) in [5.74, 6) is -4.36. The number of benzene rings is 3. The number of rotatable bonds is 4. The molecule has 37 heavy (non-hydrogen) atoms. The van der Waals surface area contributed by atoms with Crippen molar-refractivity contribution in [2.75, 3.05) is 0 Å². The van der Waals surface area contributed by atoms with E-state index >= 15 is 0 Å². The predicted octanol–water partition coefficient (Wildman–Crippen LogP) is 2.43. The first-order valence-electron chi connectivity index (χ1n) is 10.5. The summed E-state index contributed by atoms with van der Waals surface area (Å²) in [5, 5.41) is 74.7. The fourth-order valence-corrected chi connectivity index (χ4v) is 3.31. The molecule has 12 nitrogen and oxygen atoms in total. The van der Waals surface area contributed by atoms with Crippen LogP contribution in [0.5, 0.6) is 40.2 Å². The number of nitrogens with two attached hydrogens (primary N) is 1. The third kappa shape index (κ3) is 5.60. The Morgan fingerprint density at radius 3 is 2.00 bits per heavy atom. The van der Waals surface area contributed by atoms with E-state index in [1.165, 1.54) is 31.2 Å². The number of phenolic OH excluding ortho intramolecular Hbond substituents is 6. The number of phenols is 6. The second-order valence-corrected chi connectivity index (χ2v) is 8.37. The van der Waals surface area contributed by atoms with Crippen LogP contribution in [0, 0.1) is 0 Å². The highest BCUT2D eigenvalue weighted by atomic mass is 16.4. The lowest BCUT2D eigenvalue weighted by molar-refractivity contribution is -0.142. The van der Waals surface area contributed by atoms with Gasteiger partial charge in [0.2, 0.25) is 11.2 Å². The zero-order valence-electron chi connectivity index (χ0n) is 19.2. The summed E-state index contributed by atoms with van der Waals surface area (Å²) < 4.78 is 5.35. The monoisotopic (exact) mass is 513 g/mol. The first-order chi connectivity index (χ1) is 17.2. The van der Waals surface area contributed by atoms with Crippen molar-refractivity contribution in [2.24, 2.45) is 5.73 Å². The smallest absolute Gasteiger partial charge is 0.323 e. The van der Waals surface area contributed by atoms with Gasteiger partial charge in [-0.1, -0.05) is 6.07 Å². The van der Waals surface area contributed by atoms with E-state index < -0.39 is 34.2 Å². The van der Waals surface area contributed by atoms with Crippen LogP contribution < -0.4 is 11.2 Å². The Kier molecular flexibility index (Phi) is 7.07. The van der Waals surface area contributed by atoms with E-state index in [0.717, 1.165) is 24.3 Å². The van der Waals surface area contributed by atoms with E-state index in [2.05, 4.69) is 0 Å². The minimum Gasteiger partial charge on any atom is -0.508 e. The van der Waals surface area contributed by atoms with Crippen molar-refractivity contribution < 1.29 is 50.1 Å². The van der Waals surface area contributed by atoms with Crippen molar-refractivity contribution in [3.05, 3.63) is 64.3 Å². The maximum absolute atomic E-state index is 12.1. The number of carbonyl (C=O) groups is 1. The molecule has 1 atom stereocenters. The van der Waals surface area contributed by atoms with Gasteiger partial charge in [-0.2, -0.15) is 0 Å². The average Bonchev–Trinajstić information content (AvgIpc) is 2.80. The molecule has 0 amide bonds. The van der Waals surface area contributed by atoms with Crippen LogP contribution >= 0.6 is 0 Å². The van der Waals surface area contributed by atoms with Crippen LogP contribution in [0.3, 0.4) is 0 Å². The first kappa shape index (κ1) is 26.5. The van der Waals surface area contributed by atoms with Crippen LogP contribution in [0.1, 0.15) is 12.5 Å². The molecule has 0 saturated heterocycles. The second-order valence-electron chi connectivity index (χ2n) is 8.37. The van der Waals surface area contributed by atoms with Gasteiger partial charge in [0, 0.05) is 24.1 Å². The Bertz CT molecular complexity index is 1560. The molecule has 4 aromatic rings. The maximum atomic E-state index is 12.1. The summed E-state index contributed by atoms with van der Waals surface area (Å²) in [5.41, 5.74) is 3.81. The van der Waals surface area contributed by atoms with E-state index in [1.54, 1.807) is 0 Å². The zero-order chi connectivity index (χ0) is 27.7. The van der Waals surface area contributed by atoms with Crippen LogP contribution in [0.2, 0.25) is 0 Å². The van der Waals surface area contributed by atoms with E-state index in [1.807, 2.05) is 0 Å². The summed E-state index contributed by atoms with van der Waals surface area (Å²) in [4.78, 5) is 22.9. The van der Waals surface area contributed by atoms with Crippen molar-refractivity contribution in [1.82, 2.24) is 0 Å². The molecule has 12 heteroatoms. The highest BCUT2D eigenvalue weighted by molar-refractivity contribution is 5.88. The molecular weight excluding hydrogens is 490 g/mol. The Labute approximate surface area is 208 Å². The Balaban J connectivity index is 0.000000222. The molecular formula is C25H23NO11. The summed E-state index contributed by atoms with van der Waals surface area (Å²) in [6, 6.07) is 9.75. The Morgan fingerprint density at radius 1 is 0.838 bits per heavy atom. The molecule has 3 aromatic carbocycles. The fraction of sp³-hybridized carbons (Fsp3) is 0.120. The van der Waals surface area contributed by atoms with Crippen molar-refractivity contribution in [1.29, 1.82) is 0 Å². The van der Waals surface area contributed by atoms with Gasteiger partial charge >= 0.3 is 5.97 Å². The van der Waals surface area contributed by atoms with Crippen molar-refractivity contribution >= 4 is 16.9 Å². The van der Waals surface area contributed by atoms with Gasteiger partial charge in [0.05, 0.1) is 0 Å². The average molecular weight is 513 g/mol. The molecule has 1 heterocycles. The number of carboxylic acid groups (broad SMARTS) is 1. The molecule has 1 unspecified atom stereocenters. The van der Waals surface area contributed by atoms with E-state index in [0.29, 0.717) is 5.56 Å². The highest BCUT2D eigenvalue weighted by Crippen LogP contribution is 2.37. The summed E-state index contributed by atoms with van der Waals surface area (Å²) in [6.07, 6.45) is 0.0795. The largest absolute Gasteiger partial charge is 0.508 e. The lowest BCUT2D eigenvalue weighted by Gasteiger charge is -2.19. The van der Waals surface area contributed by atoms with Crippen LogP contribution in [0.25, 0.3) is 22.3 Å². The normalized spacial score (nSPS) is 12.4. The molecule has 0 aliphatic rings. The van der Waals surface area contributed by atoms with E-state index in [4.69, 9.17) is 20.4 Å². The maximum Gasteiger partial charge on any atom is 0.323 e. The van der Waals surface area contributed by atoms with E-state index in [9.17, 15) is 40.2 Å². The standard InChI is InChI=1S/C15H10O7.C10H13NO4/c16-7-4-10(19)12-11(5-7)22-15(14(21)13(12)20)6-1-2-8(17)9(18)3-6;1-10(11,9(14)15)5-6-2-3-7(12)8(13)4-6/h1-5,16-19,21H;2-4,12-13H,5,11H2,1H3,(H,14,15). The fourth-order valence-electron chi connectivity index (χ4n) is 3.31.